The number of hydrogen-bond donors (Lipinski definition) is 2. The number of carbonyl (C=O) groups is 4. The van der Waals surface area contributed by atoms with Crippen LogP contribution in [0.5, 0.6) is 0 Å². The number of nitro benzene ring substituents is 1. The zero-order chi connectivity index (χ0) is 27.4. The number of nitro groups is 1. The van der Waals surface area contributed by atoms with Crippen LogP contribution in [0.1, 0.15) is 46.8 Å². The molecule has 3 atom stereocenters. The van der Waals surface area contributed by atoms with E-state index in [-0.39, 0.29) is 24.3 Å². The quantitative estimate of drug-likeness (QED) is 0.392. The second-order valence-corrected chi connectivity index (χ2v) is 9.28. The lowest BCUT2D eigenvalue weighted by Gasteiger charge is -2.31. The number of carbonyl (C=O) groups excluding carboxylic acids is 3. The molecule has 2 aromatic carbocycles. The van der Waals surface area contributed by atoms with Crippen LogP contribution in [0.3, 0.4) is 0 Å². The highest BCUT2D eigenvalue weighted by atomic mass is 16.6. The van der Waals surface area contributed by atoms with Gasteiger partial charge in [0, 0.05) is 37.4 Å². The lowest BCUT2D eigenvalue weighted by molar-refractivity contribution is -0.384. The molecule has 0 saturated carbocycles. The van der Waals surface area contributed by atoms with Crippen molar-refractivity contribution < 1.29 is 33.9 Å². The standard InChI is InChI=1S/C26H28N4O8/c1-16-7-9-17(10-8-16)25(34)28-11-12-29(26(35)21-6-3-13-38-21)24(28)23(33)27-20(15-22(31)32)18-4-2-5-19(14-18)30(36)37/h2,4-5,7-10,14,20-21,24H,3,6,11-13,15H2,1H3,(H,27,33)(H,31,32). The molecule has 4 rings (SSSR count). The smallest absolute Gasteiger partial charge is 0.305 e. The van der Waals surface area contributed by atoms with Crippen molar-refractivity contribution in [2.75, 3.05) is 19.7 Å². The lowest BCUT2D eigenvalue weighted by Crippen LogP contribution is -2.56. The number of carboxylic acid groups (broad SMARTS) is 1. The van der Waals surface area contributed by atoms with Gasteiger partial charge in [-0.15, -0.1) is 0 Å². The molecule has 38 heavy (non-hydrogen) atoms. The molecule has 0 spiro atoms. The van der Waals surface area contributed by atoms with E-state index in [2.05, 4.69) is 5.32 Å². The predicted molar refractivity (Wildman–Crippen MR) is 133 cm³/mol. The van der Waals surface area contributed by atoms with Crippen molar-refractivity contribution in [1.82, 2.24) is 15.1 Å². The van der Waals surface area contributed by atoms with Gasteiger partial charge in [0.05, 0.1) is 17.4 Å². The van der Waals surface area contributed by atoms with Gasteiger partial charge in [-0.3, -0.25) is 29.3 Å². The summed E-state index contributed by atoms with van der Waals surface area (Å²) in [6.45, 7) is 2.47. The summed E-state index contributed by atoms with van der Waals surface area (Å²) in [4.78, 5) is 65.2. The van der Waals surface area contributed by atoms with Gasteiger partial charge in [0.25, 0.3) is 23.4 Å². The zero-order valence-electron chi connectivity index (χ0n) is 20.7. The molecular weight excluding hydrogens is 496 g/mol. The van der Waals surface area contributed by atoms with E-state index < -0.39 is 53.3 Å². The van der Waals surface area contributed by atoms with E-state index >= 15 is 0 Å². The highest BCUT2D eigenvalue weighted by Gasteiger charge is 2.45. The Morgan fingerprint density at radius 2 is 1.84 bits per heavy atom. The summed E-state index contributed by atoms with van der Waals surface area (Å²) in [7, 11) is 0. The SMILES string of the molecule is Cc1ccc(C(=O)N2CCN(C(=O)C3CCCO3)C2C(=O)NC(CC(=O)O)c2cccc([N+](=O)[O-])c2)cc1. The third-order valence-electron chi connectivity index (χ3n) is 6.63. The Morgan fingerprint density at radius 3 is 2.47 bits per heavy atom. The fourth-order valence-corrected chi connectivity index (χ4v) is 4.70. The van der Waals surface area contributed by atoms with E-state index in [0.717, 1.165) is 5.56 Å². The van der Waals surface area contributed by atoms with Crippen molar-refractivity contribution in [1.29, 1.82) is 0 Å². The van der Waals surface area contributed by atoms with Crippen LogP contribution in [0.2, 0.25) is 0 Å². The van der Waals surface area contributed by atoms with Gasteiger partial charge in [0.15, 0.2) is 6.17 Å². The van der Waals surface area contributed by atoms with Crippen LogP contribution in [0.25, 0.3) is 0 Å². The molecule has 0 aromatic heterocycles. The summed E-state index contributed by atoms with van der Waals surface area (Å²) < 4.78 is 5.52. The Kier molecular flexibility index (Phi) is 8.01. The van der Waals surface area contributed by atoms with Crippen LogP contribution in [0.4, 0.5) is 5.69 Å². The number of carboxylic acids is 1. The minimum Gasteiger partial charge on any atom is -0.481 e. The van der Waals surface area contributed by atoms with Crippen molar-refractivity contribution in [3.05, 3.63) is 75.3 Å². The fraction of sp³-hybridized carbons (Fsp3) is 0.385. The number of benzene rings is 2. The molecule has 3 unspecified atom stereocenters. The molecule has 2 N–H and O–H groups in total. The Morgan fingerprint density at radius 1 is 1.13 bits per heavy atom. The van der Waals surface area contributed by atoms with Gasteiger partial charge >= 0.3 is 5.97 Å². The van der Waals surface area contributed by atoms with Crippen molar-refractivity contribution in [3.8, 4) is 0 Å². The molecule has 0 bridgehead atoms. The highest BCUT2D eigenvalue weighted by Crippen LogP contribution is 2.26. The van der Waals surface area contributed by atoms with Crippen LogP contribution in [0, 0.1) is 17.0 Å². The van der Waals surface area contributed by atoms with Gasteiger partial charge in [0.1, 0.15) is 6.10 Å². The molecule has 0 aliphatic carbocycles. The molecule has 200 valence electrons. The first-order valence-electron chi connectivity index (χ1n) is 12.2. The van der Waals surface area contributed by atoms with E-state index in [1.807, 2.05) is 6.92 Å². The third kappa shape index (κ3) is 5.80. The van der Waals surface area contributed by atoms with Crippen molar-refractivity contribution in [2.45, 2.75) is 44.5 Å². The van der Waals surface area contributed by atoms with E-state index in [4.69, 9.17) is 4.74 Å². The normalized spacial score (nSPS) is 19.7. The molecule has 0 radical (unpaired) electrons. The second-order valence-electron chi connectivity index (χ2n) is 9.28. The molecule has 2 aliphatic rings. The minimum atomic E-state index is -1.35. The van der Waals surface area contributed by atoms with Crippen molar-refractivity contribution >= 4 is 29.4 Å². The summed E-state index contributed by atoms with van der Waals surface area (Å²) in [5.74, 6) is -2.90. The highest BCUT2D eigenvalue weighted by molar-refractivity contribution is 5.99. The minimum absolute atomic E-state index is 0.0870. The molecule has 2 heterocycles. The van der Waals surface area contributed by atoms with Crippen LogP contribution in [0.15, 0.2) is 48.5 Å². The lowest BCUT2D eigenvalue weighted by atomic mass is 10.0. The van der Waals surface area contributed by atoms with E-state index in [1.54, 1.807) is 24.3 Å². The van der Waals surface area contributed by atoms with E-state index in [9.17, 15) is 34.4 Å². The van der Waals surface area contributed by atoms with Crippen molar-refractivity contribution in [2.24, 2.45) is 0 Å². The number of rotatable bonds is 8. The maximum atomic E-state index is 13.7. The molecule has 12 nitrogen and oxygen atoms in total. The first kappa shape index (κ1) is 26.7. The van der Waals surface area contributed by atoms with Gasteiger partial charge in [-0.2, -0.15) is 0 Å². The maximum Gasteiger partial charge on any atom is 0.305 e. The molecular formula is C26H28N4O8. The molecule has 12 heteroatoms. The summed E-state index contributed by atoms with van der Waals surface area (Å²) >= 11 is 0. The summed E-state index contributed by atoms with van der Waals surface area (Å²) in [5, 5.41) is 23.3. The van der Waals surface area contributed by atoms with Crippen LogP contribution in [-0.4, -0.2) is 75.5 Å². The Balaban J connectivity index is 1.65. The van der Waals surface area contributed by atoms with E-state index in [0.29, 0.717) is 25.0 Å². The second kappa shape index (κ2) is 11.4. The Hall–Kier alpha value is -4.32. The molecule has 2 aliphatic heterocycles. The first-order valence-corrected chi connectivity index (χ1v) is 12.2. The number of nitrogens with zero attached hydrogens (tertiary/aromatic N) is 3. The van der Waals surface area contributed by atoms with Crippen LogP contribution >= 0.6 is 0 Å². The van der Waals surface area contributed by atoms with Crippen LogP contribution in [-0.2, 0) is 19.1 Å². The van der Waals surface area contributed by atoms with Gasteiger partial charge in [0.2, 0.25) is 0 Å². The number of ether oxygens (including phenoxy) is 1. The number of hydrogen-bond acceptors (Lipinski definition) is 7. The van der Waals surface area contributed by atoms with Gasteiger partial charge in [-0.05, 0) is 37.5 Å². The summed E-state index contributed by atoms with van der Waals surface area (Å²) in [5.41, 5.74) is 1.22. The first-order chi connectivity index (χ1) is 18.2. The van der Waals surface area contributed by atoms with Crippen molar-refractivity contribution in [3.63, 3.8) is 0 Å². The molecule has 2 saturated heterocycles. The molecule has 2 fully saturated rings. The number of non-ortho nitro benzene ring substituents is 1. The van der Waals surface area contributed by atoms with Gasteiger partial charge in [-0.1, -0.05) is 29.8 Å². The van der Waals surface area contributed by atoms with Crippen LogP contribution < -0.4 is 5.32 Å². The van der Waals surface area contributed by atoms with Gasteiger partial charge in [-0.25, -0.2) is 0 Å². The maximum absolute atomic E-state index is 13.7. The number of aliphatic carboxylic acids is 1. The number of aryl methyl sites for hydroxylation is 1. The summed E-state index contributed by atoms with van der Waals surface area (Å²) in [6.07, 6.45) is -1.46. The topological polar surface area (TPSA) is 159 Å². The fourth-order valence-electron chi connectivity index (χ4n) is 4.70. The molecule has 3 amide bonds. The third-order valence-corrected chi connectivity index (χ3v) is 6.63. The monoisotopic (exact) mass is 524 g/mol. The Labute approximate surface area is 218 Å². The zero-order valence-corrected chi connectivity index (χ0v) is 20.7. The predicted octanol–water partition coefficient (Wildman–Crippen LogP) is 2.02. The largest absolute Gasteiger partial charge is 0.481 e. The average molecular weight is 525 g/mol. The number of amides is 3. The Bertz CT molecular complexity index is 1240. The summed E-state index contributed by atoms with van der Waals surface area (Å²) in [6, 6.07) is 11.0. The van der Waals surface area contributed by atoms with E-state index in [1.165, 1.54) is 34.1 Å². The van der Waals surface area contributed by atoms with Gasteiger partial charge < -0.3 is 25.0 Å². The number of nitrogens with one attached hydrogen (secondary N) is 1. The average Bonchev–Trinajstić information content (AvgIpc) is 3.58. The molecule has 2 aromatic rings.